The third-order valence-corrected chi connectivity index (χ3v) is 5.14. The van der Waals surface area contributed by atoms with Gasteiger partial charge in [-0.05, 0) is 51.9 Å². The molecule has 1 aromatic carbocycles. The number of aliphatic imine (C=N–C) groups is 1. The van der Waals surface area contributed by atoms with Crippen LogP contribution in [-0.4, -0.2) is 62.6 Å². The summed E-state index contributed by atoms with van der Waals surface area (Å²) in [5.74, 6) is 1.75. The Morgan fingerprint density at radius 1 is 1.30 bits per heavy atom. The number of amides is 1. The maximum absolute atomic E-state index is 12.4. The molecule has 1 saturated heterocycles. The van der Waals surface area contributed by atoms with E-state index in [4.69, 9.17) is 4.99 Å². The monoisotopic (exact) mass is 485 g/mol. The van der Waals surface area contributed by atoms with Gasteiger partial charge in [0.2, 0.25) is 5.91 Å². The lowest BCUT2D eigenvalue weighted by atomic mass is 10.2. The van der Waals surface area contributed by atoms with Crippen molar-refractivity contribution >= 4 is 41.5 Å². The van der Waals surface area contributed by atoms with Crippen LogP contribution in [-0.2, 0) is 4.79 Å². The van der Waals surface area contributed by atoms with E-state index in [0.717, 1.165) is 30.7 Å². The summed E-state index contributed by atoms with van der Waals surface area (Å²) < 4.78 is 0. The first kappa shape index (κ1) is 21.9. The minimum absolute atomic E-state index is 0. The predicted molar refractivity (Wildman–Crippen MR) is 122 cm³/mol. The van der Waals surface area contributed by atoms with Crippen LogP contribution < -0.4 is 15.5 Å². The van der Waals surface area contributed by atoms with Crippen LogP contribution in [0, 0.1) is 5.92 Å². The fourth-order valence-electron chi connectivity index (χ4n) is 3.57. The molecule has 0 bridgehead atoms. The fourth-order valence-corrected chi connectivity index (χ4v) is 3.57. The van der Waals surface area contributed by atoms with Crippen molar-refractivity contribution in [2.24, 2.45) is 10.9 Å². The maximum atomic E-state index is 12.4. The summed E-state index contributed by atoms with van der Waals surface area (Å²) in [7, 11) is 4.26. The highest BCUT2D eigenvalue weighted by molar-refractivity contribution is 14.0. The number of rotatable bonds is 7. The van der Waals surface area contributed by atoms with Gasteiger partial charge in [-0.1, -0.05) is 18.2 Å². The molecule has 1 aliphatic carbocycles. The molecule has 27 heavy (non-hydrogen) atoms. The molecule has 0 spiro atoms. The van der Waals surface area contributed by atoms with Gasteiger partial charge >= 0.3 is 0 Å². The van der Waals surface area contributed by atoms with Crippen molar-refractivity contribution in [3.63, 3.8) is 0 Å². The number of hydrogen-bond donors (Lipinski definition) is 2. The van der Waals surface area contributed by atoms with E-state index in [-0.39, 0.29) is 35.9 Å². The summed E-state index contributed by atoms with van der Waals surface area (Å²) in [6.45, 7) is 4.34. The van der Waals surface area contributed by atoms with Gasteiger partial charge in [0, 0.05) is 31.2 Å². The van der Waals surface area contributed by atoms with Crippen molar-refractivity contribution < 1.29 is 4.79 Å². The molecule has 2 atom stereocenters. The second-order valence-electron chi connectivity index (χ2n) is 7.47. The van der Waals surface area contributed by atoms with Crippen molar-refractivity contribution in [1.82, 2.24) is 15.5 Å². The average Bonchev–Trinajstić information content (AvgIpc) is 3.38. The first-order chi connectivity index (χ1) is 12.6. The zero-order valence-electron chi connectivity index (χ0n) is 16.5. The third-order valence-electron chi connectivity index (χ3n) is 5.14. The number of halogens is 1. The molecular weight excluding hydrogens is 453 g/mol. The van der Waals surface area contributed by atoms with E-state index in [9.17, 15) is 4.79 Å². The lowest BCUT2D eigenvalue weighted by molar-refractivity contribution is -0.117. The Hall–Kier alpha value is -1.35. The van der Waals surface area contributed by atoms with Crippen molar-refractivity contribution in [3.05, 3.63) is 30.3 Å². The molecular formula is C20H32IN5O. The Kier molecular flexibility index (Phi) is 8.34. The van der Waals surface area contributed by atoms with E-state index in [0.29, 0.717) is 19.0 Å². The molecule has 1 saturated carbocycles. The highest BCUT2D eigenvalue weighted by Crippen LogP contribution is 2.34. The summed E-state index contributed by atoms with van der Waals surface area (Å²) in [4.78, 5) is 21.3. The van der Waals surface area contributed by atoms with Crippen LogP contribution in [0.1, 0.15) is 26.2 Å². The number of guanidine groups is 1. The number of carbonyl (C=O) groups excluding carboxylic acids is 1. The lowest BCUT2D eigenvalue weighted by Gasteiger charge is -2.23. The minimum atomic E-state index is 0. The predicted octanol–water partition coefficient (Wildman–Crippen LogP) is 2.31. The van der Waals surface area contributed by atoms with E-state index in [1.807, 2.05) is 35.2 Å². The molecule has 0 radical (unpaired) electrons. The normalized spacial score (nSPS) is 21.2. The largest absolute Gasteiger partial charge is 0.357 e. The van der Waals surface area contributed by atoms with E-state index in [1.165, 1.54) is 12.8 Å². The van der Waals surface area contributed by atoms with E-state index in [1.54, 1.807) is 0 Å². The van der Waals surface area contributed by atoms with Gasteiger partial charge in [-0.3, -0.25) is 9.79 Å². The van der Waals surface area contributed by atoms with Gasteiger partial charge in [0.05, 0.1) is 12.6 Å². The molecule has 2 N–H and O–H groups in total. The van der Waals surface area contributed by atoms with Crippen LogP contribution in [0.2, 0.25) is 0 Å². The molecule has 1 amide bonds. The number of anilines is 1. The van der Waals surface area contributed by atoms with Crippen molar-refractivity contribution in [2.75, 3.05) is 38.6 Å². The first-order valence-electron chi connectivity index (χ1n) is 9.65. The highest BCUT2D eigenvalue weighted by Gasteiger charge is 2.33. The summed E-state index contributed by atoms with van der Waals surface area (Å²) in [6.07, 6.45) is 3.12. The molecule has 2 aliphatic rings. The van der Waals surface area contributed by atoms with E-state index >= 15 is 0 Å². The summed E-state index contributed by atoms with van der Waals surface area (Å²) in [5.41, 5.74) is 0.963. The molecule has 150 valence electrons. The molecule has 1 aliphatic heterocycles. The molecule has 1 aromatic rings. The topological polar surface area (TPSA) is 60.0 Å². The standard InChI is InChI=1S/C20H31N5O.HI/c1-4-21-20(22-13-18(24(2)3)15-10-11-15)23-16-12-19(26)25(14-16)17-8-6-5-7-9-17;/h5-9,15-16,18H,4,10-14H2,1-3H3,(H2,21,22,23);1H. The van der Waals surface area contributed by atoms with Crippen LogP contribution in [0.5, 0.6) is 0 Å². The lowest BCUT2D eigenvalue weighted by Crippen LogP contribution is -2.45. The van der Waals surface area contributed by atoms with Gasteiger partial charge in [-0.25, -0.2) is 0 Å². The van der Waals surface area contributed by atoms with Crippen molar-refractivity contribution in [2.45, 2.75) is 38.3 Å². The highest BCUT2D eigenvalue weighted by atomic mass is 127. The van der Waals surface area contributed by atoms with E-state index in [2.05, 4.69) is 36.6 Å². The molecule has 3 rings (SSSR count). The quantitative estimate of drug-likeness (QED) is 0.354. The number of carbonyl (C=O) groups is 1. The molecule has 1 heterocycles. The molecule has 0 aromatic heterocycles. The van der Waals surface area contributed by atoms with Gasteiger partial charge in [0.15, 0.2) is 5.96 Å². The Morgan fingerprint density at radius 3 is 2.59 bits per heavy atom. The van der Waals surface area contributed by atoms with Crippen LogP contribution in [0.15, 0.2) is 35.3 Å². The van der Waals surface area contributed by atoms with Crippen LogP contribution in [0.3, 0.4) is 0 Å². The fraction of sp³-hybridized carbons (Fsp3) is 0.600. The second kappa shape index (κ2) is 10.3. The number of nitrogens with zero attached hydrogens (tertiary/aromatic N) is 3. The zero-order valence-corrected chi connectivity index (χ0v) is 18.8. The van der Waals surface area contributed by atoms with Crippen LogP contribution >= 0.6 is 24.0 Å². The van der Waals surface area contributed by atoms with Gasteiger partial charge in [0.25, 0.3) is 0 Å². The number of benzene rings is 1. The maximum Gasteiger partial charge on any atom is 0.229 e. The van der Waals surface area contributed by atoms with Gasteiger partial charge in [-0.2, -0.15) is 0 Å². The van der Waals surface area contributed by atoms with Crippen LogP contribution in [0.25, 0.3) is 0 Å². The first-order valence-corrected chi connectivity index (χ1v) is 9.65. The Bertz CT molecular complexity index is 631. The number of likely N-dealkylation sites (N-methyl/N-ethyl adjacent to an activating group) is 1. The average molecular weight is 485 g/mol. The summed E-state index contributed by atoms with van der Waals surface area (Å²) in [5, 5.41) is 6.78. The third kappa shape index (κ3) is 6.07. The number of para-hydroxylation sites is 1. The Balaban J connectivity index is 0.00000261. The van der Waals surface area contributed by atoms with Crippen molar-refractivity contribution in [3.8, 4) is 0 Å². The van der Waals surface area contributed by atoms with Gasteiger partial charge < -0.3 is 20.4 Å². The number of hydrogen-bond acceptors (Lipinski definition) is 3. The molecule has 2 unspecified atom stereocenters. The molecule has 6 nitrogen and oxygen atoms in total. The van der Waals surface area contributed by atoms with Gasteiger partial charge in [-0.15, -0.1) is 24.0 Å². The summed E-state index contributed by atoms with van der Waals surface area (Å²) >= 11 is 0. The minimum Gasteiger partial charge on any atom is -0.357 e. The SMILES string of the molecule is CCNC(=NCC(C1CC1)N(C)C)NC1CC(=O)N(c2ccccc2)C1.I. The second-order valence-corrected chi connectivity index (χ2v) is 7.47. The zero-order chi connectivity index (χ0) is 18.5. The van der Waals surface area contributed by atoms with Gasteiger partial charge in [0.1, 0.15) is 0 Å². The van der Waals surface area contributed by atoms with Crippen LogP contribution in [0.4, 0.5) is 5.69 Å². The van der Waals surface area contributed by atoms with Crippen molar-refractivity contribution in [1.29, 1.82) is 0 Å². The number of nitrogens with one attached hydrogen (secondary N) is 2. The van der Waals surface area contributed by atoms with E-state index < -0.39 is 0 Å². The summed E-state index contributed by atoms with van der Waals surface area (Å²) in [6, 6.07) is 10.4. The molecule has 7 heteroatoms. The Morgan fingerprint density at radius 2 is 2.00 bits per heavy atom. The Labute approximate surface area is 179 Å². The molecule has 2 fully saturated rings. The smallest absolute Gasteiger partial charge is 0.229 e.